The Labute approximate surface area is 169 Å². The van der Waals surface area contributed by atoms with Gasteiger partial charge in [-0.25, -0.2) is 9.18 Å². The summed E-state index contributed by atoms with van der Waals surface area (Å²) in [4.78, 5) is 13.2. The van der Waals surface area contributed by atoms with Gasteiger partial charge in [0.25, 0.3) is 0 Å². The molecule has 0 saturated carbocycles. The molecule has 4 nitrogen and oxygen atoms in total. The number of benzene rings is 2. The van der Waals surface area contributed by atoms with Gasteiger partial charge in [-0.05, 0) is 63.1 Å². The minimum Gasteiger partial charge on any atom is -0.507 e. The minimum absolute atomic E-state index is 0.120. The summed E-state index contributed by atoms with van der Waals surface area (Å²) in [5.41, 5.74) is 2.39. The van der Waals surface area contributed by atoms with E-state index in [2.05, 4.69) is 0 Å². The van der Waals surface area contributed by atoms with Crippen LogP contribution in [-0.4, -0.2) is 24.8 Å². The highest BCUT2D eigenvalue weighted by Gasteiger charge is 2.23. The van der Waals surface area contributed by atoms with Crippen LogP contribution in [0.5, 0.6) is 11.5 Å². The fourth-order valence-electron chi connectivity index (χ4n) is 2.66. The molecule has 2 aromatic carbocycles. The van der Waals surface area contributed by atoms with Gasteiger partial charge < -0.3 is 14.6 Å². The Morgan fingerprint density at radius 2 is 1.93 bits per heavy atom. The minimum atomic E-state index is -0.603. The molecule has 1 N–H and O–H groups in total. The summed E-state index contributed by atoms with van der Waals surface area (Å²) >= 11 is 1.43. The Morgan fingerprint density at radius 3 is 2.50 bits per heavy atom. The predicted molar refractivity (Wildman–Crippen MR) is 110 cm³/mol. The van der Waals surface area contributed by atoms with Crippen LogP contribution in [0.2, 0.25) is 0 Å². The van der Waals surface area contributed by atoms with E-state index in [0.717, 1.165) is 10.5 Å². The van der Waals surface area contributed by atoms with Crippen molar-refractivity contribution in [1.82, 2.24) is 0 Å². The average molecular weight is 405 g/mol. The molecule has 28 heavy (non-hydrogen) atoms. The summed E-state index contributed by atoms with van der Waals surface area (Å²) < 4.78 is 23.7. The number of thioether (sulfide) groups is 1. The van der Waals surface area contributed by atoms with Crippen LogP contribution >= 0.6 is 11.8 Å². The van der Waals surface area contributed by atoms with Gasteiger partial charge in [0.1, 0.15) is 22.9 Å². The molecule has 0 bridgehead atoms. The Balaban J connectivity index is 2.47. The normalized spacial score (nSPS) is 10.5. The molecule has 0 unspecified atom stereocenters. The van der Waals surface area contributed by atoms with Crippen LogP contribution in [0.25, 0.3) is 0 Å². The summed E-state index contributed by atoms with van der Waals surface area (Å²) in [7, 11) is 1.28. The number of phenols is 1. The third-order valence-electron chi connectivity index (χ3n) is 4.06. The van der Waals surface area contributed by atoms with Gasteiger partial charge in [0, 0.05) is 16.2 Å². The molecule has 0 aliphatic carbocycles. The highest BCUT2D eigenvalue weighted by molar-refractivity contribution is 7.98. The van der Waals surface area contributed by atoms with Crippen molar-refractivity contribution in [2.45, 2.75) is 37.8 Å². The summed E-state index contributed by atoms with van der Waals surface area (Å²) in [5.74, 6) is -0.0924. The molecule has 0 aliphatic heterocycles. The van der Waals surface area contributed by atoms with E-state index in [1.165, 1.54) is 31.0 Å². The summed E-state index contributed by atoms with van der Waals surface area (Å²) in [6.07, 6.45) is 2.41. The second kappa shape index (κ2) is 10.2. The second-order valence-corrected chi connectivity index (χ2v) is 7.44. The molecule has 2 rings (SSSR count). The first-order chi connectivity index (χ1) is 13.4. The van der Waals surface area contributed by atoms with E-state index in [4.69, 9.17) is 9.47 Å². The summed E-state index contributed by atoms with van der Waals surface area (Å²) in [6, 6.07) is 7.89. The first-order valence-corrected chi connectivity index (χ1v) is 9.96. The van der Waals surface area contributed by atoms with Gasteiger partial charge in [-0.3, -0.25) is 0 Å². The van der Waals surface area contributed by atoms with Gasteiger partial charge in [-0.1, -0.05) is 11.6 Å². The van der Waals surface area contributed by atoms with E-state index < -0.39 is 5.97 Å². The largest absolute Gasteiger partial charge is 0.507 e. The fourth-order valence-corrected chi connectivity index (χ4v) is 3.54. The third kappa shape index (κ3) is 5.52. The molecule has 150 valence electrons. The fraction of sp³-hybridized carbons (Fsp3) is 0.318. The van der Waals surface area contributed by atoms with E-state index in [0.29, 0.717) is 35.7 Å². The van der Waals surface area contributed by atoms with Crippen molar-refractivity contribution in [3.05, 3.63) is 64.5 Å². The van der Waals surface area contributed by atoms with Crippen LogP contribution in [0.1, 0.15) is 42.3 Å². The molecule has 6 heteroatoms. The number of phenolic OH excluding ortho intramolecular Hbond substituents is 1. The van der Waals surface area contributed by atoms with E-state index in [1.807, 2.05) is 26.8 Å². The molecule has 2 aromatic rings. The standard InChI is InChI=1S/C22H25FO4S/c1-5-27-19-12-15(13-28-17-9-7-16(23)8-10-17)20(22(25)26-4)21(24)18(19)11-6-14(2)3/h6-10,12,24H,5,11,13H2,1-4H3. The molecule has 0 radical (unpaired) electrons. The highest BCUT2D eigenvalue weighted by Crippen LogP contribution is 2.38. The van der Waals surface area contributed by atoms with Gasteiger partial charge in [0.15, 0.2) is 0 Å². The van der Waals surface area contributed by atoms with E-state index >= 15 is 0 Å². The van der Waals surface area contributed by atoms with Gasteiger partial charge in [-0.2, -0.15) is 0 Å². The Bertz CT molecular complexity index is 856. The number of esters is 1. The molecule has 0 fully saturated rings. The Morgan fingerprint density at radius 1 is 1.25 bits per heavy atom. The topological polar surface area (TPSA) is 55.8 Å². The molecule has 0 spiro atoms. The summed E-state index contributed by atoms with van der Waals surface area (Å²) in [5, 5.41) is 10.9. The van der Waals surface area contributed by atoms with Crippen LogP contribution in [-0.2, 0) is 16.9 Å². The van der Waals surface area contributed by atoms with Crippen molar-refractivity contribution in [2.75, 3.05) is 13.7 Å². The molecular formula is C22H25FO4S. The lowest BCUT2D eigenvalue weighted by Crippen LogP contribution is -2.09. The molecule has 0 amide bonds. The summed E-state index contributed by atoms with van der Waals surface area (Å²) in [6.45, 7) is 6.23. The average Bonchev–Trinajstić information content (AvgIpc) is 2.66. The van der Waals surface area contributed by atoms with Crippen molar-refractivity contribution in [2.24, 2.45) is 0 Å². The quantitative estimate of drug-likeness (QED) is 0.357. The number of halogens is 1. The van der Waals surface area contributed by atoms with Crippen LogP contribution in [0.4, 0.5) is 4.39 Å². The second-order valence-electron chi connectivity index (χ2n) is 6.39. The van der Waals surface area contributed by atoms with Crippen LogP contribution in [0.3, 0.4) is 0 Å². The van der Waals surface area contributed by atoms with Crippen molar-refractivity contribution in [3.8, 4) is 11.5 Å². The lowest BCUT2D eigenvalue weighted by Gasteiger charge is -2.17. The van der Waals surface area contributed by atoms with Crippen LogP contribution in [0.15, 0.2) is 46.9 Å². The number of methoxy groups -OCH3 is 1. The van der Waals surface area contributed by atoms with Crippen molar-refractivity contribution in [1.29, 1.82) is 0 Å². The van der Waals surface area contributed by atoms with E-state index in [-0.39, 0.29) is 17.1 Å². The van der Waals surface area contributed by atoms with Gasteiger partial charge in [-0.15, -0.1) is 11.8 Å². The zero-order valence-corrected chi connectivity index (χ0v) is 17.4. The lowest BCUT2D eigenvalue weighted by molar-refractivity contribution is 0.0596. The molecule has 0 aromatic heterocycles. The molecule has 0 aliphatic rings. The Hall–Kier alpha value is -2.47. The number of carbonyl (C=O) groups excluding carboxylic acids is 1. The predicted octanol–water partition coefficient (Wildman–Crippen LogP) is 5.52. The SMILES string of the molecule is CCOc1cc(CSc2ccc(F)cc2)c(C(=O)OC)c(O)c1CC=C(C)C. The molecular weight excluding hydrogens is 379 g/mol. The highest BCUT2D eigenvalue weighted by atomic mass is 32.2. The molecule has 0 saturated heterocycles. The Kier molecular flexibility index (Phi) is 7.93. The number of hydrogen-bond acceptors (Lipinski definition) is 5. The number of aromatic hydroxyl groups is 1. The van der Waals surface area contributed by atoms with Crippen LogP contribution < -0.4 is 4.74 Å². The first-order valence-electron chi connectivity index (χ1n) is 8.97. The third-order valence-corrected chi connectivity index (χ3v) is 5.12. The maximum Gasteiger partial charge on any atom is 0.341 e. The van der Waals surface area contributed by atoms with Crippen LogP contribution in [0, 0.1) is 5.82 Å². The molecule has 0 heterocycles. The van der Waals surface area contributed by atoms with Crippen molar-refractivity contribution >= 4 is 17.7 Å². The van der Waals surface area contributed by atoms with E-state index in [9.17, 15) is 14.3 Å². The number of ether oxygens (including phenoxy) is 2. The zero-order chi connectivity index (χ0) is 20.7. The monoisotopic (exact) mass is 404 g/mol. The zero-order valence-electron chi connectivity index (χ0n) is 16.5. The van der Waals surface area contributed by atoms with Gasteiger partial charge in [0.2, 0.25) is 0 Å². The maximum atomic E-state index is 13.1. The number of allylic oxidation sites excluding steroid dienone is 2. The molecule has 0 atom stereocenters. The smallest absolute Gasteiger partial charge is 0.341 e. The number of carbonyl (C=O) groups is 1. The number of rotatable bonds is 8. The maximum absolute atomic E-state index is 13.1. The lowest BCUT2D eigenvalue weighted by atomic mass is 9.99. The van der Waals surface area contributed by atoms with Gasteiger partial charge >= 0.3 is 5.97 Å². The van der Waals surface area contributed by atoms with Crippen molar-refractivity contribution < 1.29 is 23.8 Å². The number of hydrogen-bond donors (Lipinski definition) is 1. The van der Waals surface area contributed by atoms with Crippen molar-refractivity contribution in [3.63, 3.8) is 0 Å². The van der Waals surface area contributed by atoms with Gasteiger partial charge in [0.05, 0.1) is 13.7 Å². The van der Waals surface area contributed by atoms with E-state index in [1.54, 1.807) is 18.2 Å². The first kappa shape index (κ1) is 21.8.